The molecule has 19 heavy (non-hydrogen) atoms. The molecule has 1 unspecified atom stereocenters. The first-order chi connectivity index (χ1) is 9.31. The number of hydrogen-bond donors (Lipinski definition) is 0. The average Bonchev–Trinajstić information content (AvgIpc) is 2.47. The lowest BCUT2D eigenvalue weighted by Gasteiger charge is -2.33. The summed E-state index contributed by atoms with van der Waals surface area (Å²) in [6.45, 7) is 4.38. The lowest BCUT2D eigenvalue weighted by atomic mass is 10.0. The maximum atomic E-state index is 8.50. The van der Waals surface area contributed by atoms with Crippen molar-refractivity contribution in [2.24, 2.45) is 5.11 Å². The zero-order valence-electron chi connectivity index (χ0n) is 10.9. The van der Waals surface area contributed by atoms with Crippen LogP contribution in [0.4, 0.5) is 5.69 Å². The maximum Gasteiger partial charge on any atom is 0.0476 e. The highest BCUT2D eigenvalue weighted by Crippen LogP contribution is 2.24. The summed E-state index contributed by atoms with van der Waals surface area (Å²) in [5, 5.41) is 3.61. The normalized spacial score (nSPS) is 17.6. The van der Waals surface area contributed by atoms with Crippen molar-refractivity contribution in [3.63, 3.8) is 0 Å². The molecule has 2 rings (SSSR count). The third kappa shape index (κ3) is 3.63. The van der Waals surface area contributed by atoms with Crippen molar-refractivity contribution in [3.05, 3.63) is 65.2 Å². The number of hydrogen-bond acceptors (Lipinski definition) is 2. The Kier molecular flexibility index (Phi) is 4.65. The molecule has 4 nitrogen and oxygen atoms in total. The first-order valence-corrected chi connectivity index (χ1v) is 6.52. The van der Waals surface area contributed by atoms with E-state index >= 15 is 0 Å². The van der Waals surface area contributed by atoms with Gasteiger partial charge in [-0.25, -0.2) is 0 Å². The summed E-state index contributed by atoms with van der Waals surface area (Å²) in [6, 6.07) is 10.5. The Bertz CT molecular complexity index is 500. The lowest BCUT2D eigenvalue weighted by Crippen LogP contribution is -2.36. The highest BCUT2D eigenvalue weighted by atomic mass is 15.2. The Hall–Kier alpha value is -2.19. The molecule has 1 aromatic carbocycles. The highest BCUT2D eigenvalue weighted by Gasteiger charge is 2.18. The van der Waals surface area contributed by atoms with E-state index in [1.807, 2.05) is 18.2 Å². The molecule has 0 saturated heterocycles. The van der Waals surface area contributed by atoms with E-state index in [2.05, 4.69) is 45.8 Å². The fourth-order valence-corrected chi connectivity index (χ4v) is 2.37. The minimum Gasteiger partial charge on any atom is -0.361 e. The fourth-order valence-electron chi connectivity index (χ4n) is 2.37. The second-order valence-electron chi connectivity index (χ2n) is 4.65. The van der Waals surface area contributed by atoms with Crippen molar-refractivity contribution in [1.82, 2.24) is 0 Å². The van der Waals surface area contributed by atoms with Crippen LogP contribution >= 0.6 is 0 Å². The Morgan fingerprint density at radius 1 is 1.42 bits per heavy atom. The Morgan fingerprint density at radius 3 is 2.84 bits per heavy atom. The van der Waals surface area contributed by atoms with Crippen LogP contribution in [0.1, 0.15) is 19.3 Å². The largest absolute Gasteiger partial charge is 0.361 e. The molecule has 98 valence electrons. The van der Waals surface area contributed by atoms with Gasteiger partial charge in [0.2, 0.25) is 0 Å². The first kappa shape index (κ1) is 13.2. The second-order valence-corrected chi connectivity index (χ2v) is 4.65. The van der Waals surface area contributed by atoms with Crippen LogP contribution in [0, 0.1) is 0 Å². The molecule has 0 bridgehead atoms. The van der Waals surface area contributed by atoms with Crippen LogP contribution in [-0.2, 0) is 0 Å². The molecule has 1 aliphatic rings. The van der Waals surface area contributed by atoms with Crippen LogP contribution in [0.15, 0.2) is 59.9 Å². The SMILES string of the molecule is C=C(CN(c1ccccc1)C1C=CCCC1)N=[N+]=[N-]. The van der Waals surface area contributed by atoms with Gasteiger partial charge in [-0.3, -0.25) is 0 Å². The average molecular weight is 254 g/mol. The molecule has 4 heteroatoms. The van der Waals surface area contributed by atoms with Gasteiger partial charge in [0.25, 0.3) is 0 Å². The third-order valence-electron chi connectivity index (χ3n) is 3.26. The van der Waals surface area contributed by atoms with Crippen LogP contribution in [0.25, 0.3) is 10.4 Å². The highest BCUT2D eigenvalue weighted by molar-refractivity contribution is 5.49. The van der Waals surface area contributed by atoms with E-state index < -0.39 is 0 Å². The van der Waals surface area contributed by atoms with Crippen molar-refractivity contribution in [3.8, 4) is 0 Å². The van der Waals surface area contributed by atoms with Gasteiger partial charge in [-0.1, -0.05) is 42.0 Å². The van der Waals surface area contributed by atoms with Crippen LogP contribution in [0.5, 0.6) is 0 Å². The van der Waals surface area contributed by atoms with Crippen LogP contribution in [-0.4, -0.2) is 12.6 Å². The molecular weight excluding hydrogens is 236 g/mol. The third-order valence-corrected chi connectivity index (χ3v) is 3.26. The van der Waals surface area contributed by atoms with Crippen molar-refractivity contribution >= 4 is 5.69 Å². The number of azide groups is 1. The monoisotopic (exact) mass is 254 g/mol. The van der Waals surface area contributed by atoms with E-state index in [4.69, 9.17) is 5.53 Å². The Morgan fingerprint density at radius 2 is 2.21 bits per heavy atom. The van der Waals surface area contributed by atoms with Crippen LogP contribution in [0.3, 0.4) is 0 Å². The smallest absolute Gasteiger partial charge is 0.0476 e. The Labute approximate surface area is 113 Å². The zero-order chi connectivity index (χ0) is 13.5. The predicted octanol–water partition coefficient (Wildman–Crippen LogP) is 4.43. The molecule has 1 aliphatic carbocycles. The van der Waals surface area contributed by atoms with E-state index in [0.717, 1.165) is 18.5 Å². The molecular formula is C15H18N4. The van der Waals surface area contributed by atoms with Gasteiger partial charge in [0.05, 0.1) is 0 Å². The van der Waals surface area contributed by atoms with E-state index in [0.29, 0.717) is 18.3 Å². The standard InChI is InChI=1S/C15H18N4/c1-13(17-18-16)12-19(14-8-4-2-5-9-14)15-10-6-3-7-11-15/h2,4-6,8-10,15H,1,3,7,11-12H2. The summed E-state index contributed by atoms with van der Waals surface area (Å²) in [6.07, 6.45) is 7.92. The van der Waals surface area contributed by atoms with Gasteiger partial charge in [-0.15, -0.1) is 0 Å². The van der Waals surface area contributed by atoms with Crippen molar-refractivity contribution in [2.45, 2.75) is 25.3 Å². The molecule has 1 atom stereocenters. The summed E-state index contributed by atoms with van der Waals surface area (Å²) >= 11 is 0. The molecule has 0 amide bonds. The molecule has 0 aliphatic heterocycles. The van der Waals surface area contributed by atoms with Crippen molar-refractivity contribution < 1.29 is 0 Å². The predicted molar refractivity (Wildman–Crippen MR) is 78.9 cm³/mol. The van der Waals surface area contributed by atoms with E-state index in [9.17, 15) is 0 Å². The second kappa shape index (κ2) is 6.66. The topological polar surface area (TPSA) is 52.0 Å². The number of anilines is 1. The van der Waals surface area contributed by atoms with E-state index in [-0.39, 0.29) is 0 Å². The molecule has 0 N–H and O–H groups in total. The molecule has 0 fully saturated rings. The quantitative estimate of drug-likeness (QED) is 0.332. The van der Waals surface area contributed by atoms with Gasteiger partial charge in [0.15, 0.2) is 0 Å². The van der Waals surface area contributed by atoms with Gasteiger partial charge in [0, 0.05) is 28.9 Å². The first-order valence-electron chi connectivity index (χ1n) is 6.52. The van der Waals surface area contributed by atoms with Crippen molar-refractivity contribution in [2.75, 3.05) is 11.4 Å². The van der Waals surface area contributed by atoms with E-state index in [1.165, 1.54) is 6.42 Å². The number of para-hydroxylation sites is 1. The molecule has 0 radical (unpaired) electrons. The summed E-state index contributed by atoms with van der Waals surface area (Å²) in [4.78, 5) is 5.05. The fraction of sp³-hybridized carbons (Fsp3) is 0.333. The minimum atomic E-state index is 0.349. The molecule has 0 heterocycles. The molecule has 0 aromatic heterocycles. The van der Waals surface area contributed by atoms with Crippen molar-refractivity contribution in [1.29, 1.82) is 0 Å². The molecule has 1 aromatic rings. The van der Waals surface area contributed by atoms with Crippen LogP contribution < -0.4 is 4.90 Å². The van der Waals surface area contributed by atoms with Crippen LogP contribution in [0.2, 0.25) is 0 Å². The van der Waals surface area contributed by atoms with Gasteiger partial charge in [0.1, 0.15) is 0 Å². The molecule has 0 saturated carbocycles. The number of nitrogens with zero attached hydrogens (tertiary/aromatic N) is 4. The lowest BCUT2D eigenvalue weighted by molar-refractivity contribution is 0.598. The maximum absolute atomic E-state index is 8.50. The van der Waals surface area contributed by atoms with Gasteiger partial charge in [-0.05, 0) is 36.9 Å². The minimum absolute atomic E-state index is 0.349. The van der Waals surface area contributed by atoms with Gasteiger partial charge in [-0.2, -0.15) is 0 Å². The molecule has 0 spiro atoms. The number of rotatable bonds is 5. The summed E-state index contributed by atoms with van der Waals surface area (Å²) < 4.78 is 0. The number of allylic oxidation sites excluding steroid dienone is 1. The summed E-state index contributed by atoms with van der Waals surface area (Å²) in [7, 11) is 0. The zero-order valence-corrected chi connectivity index (χ0v) is 10.9. The van der Waals surface area contributed by atoms with Gasteiger partial charge >= 0.3 is 0 Å². The summed E-state index contributed by atoms with van der Waals surface area (Å²) in [5.41, 5.74) is 10.2. The van der Waals surface area contributed by atoms with E-state index in [1.54, 1.807) is 0 Å². The van der Waals surface area contributed by atoms with Gasteiger partial charge < -0.3 is 4.90 Å². The number of benzene rings is 1. The Balaban J connectivity index is 2.22. The summed E-state index contributed by atoms with van der Waals surface area (Å²) in [5.74, 6) is 0.